The summed E-state index contributed by atoms with van der Waals surface area (Å²) < 4.78 is 33.3. The summed E-state index contributed by atoms with van der Waals surface area (Å²) in [5.41, 5.74) is 1.10. The molecule has 0 unspecified atom stereocenters. The molecule has 4 heterocycles. The van der Waals surface area contributed by atoms with Gasteiger partial charge in [0.2, 0.25) is 5.88 Å². The summed E-state index contributed by atoms with van der Waals surface area (Å²) in [5, 5.41) is 10.5. The number of aryl methyl sites for hydroxylation is 1. The van der Waals surface area contributed by atoms with Crippen LogP contribution in [0.3, 0.4) is 0 Å². The van der Waals surface area contributed by atoms with Crippen LogP contribution in [-0.4, -0.2) is 29.6 Å². The standard InChI is InChI=1S/C24H20ClF2N5O3/c1-12(2)23-28-5-4-16(31-23)17-7-19(13(3)9-29-17)32-21(33)8-20(22(25)24(32)34)35-11-18-15(27)6-14(26)10-30-18/h4-10,12,34H,11H2,1-3H3. The van der Waals surface area contributed by atoms with E-state index in [-0.39, 0.29) is 22.4 Å². The number of nitrogens with zero attached hydrogens (tertiary/aromatic N) is 5. The van der Waals surface area contributed by atoms with Crippen LogP contribution >= 0.6 is 11.6 Å². The van der Waals surface area contributed by atoms with E-state index in [2.05, 4.69) is 19.9 Å². The van der Waals surface area contributed by atoms with E-state index in [0.29, 0.717) is 34.5 Å². The molecule has 0 bridgehead atoms. The van der Waals surface area contributed by atoms with E-state index in [1.165, 1.54) is 0 Å². The summed E-state index contributed by atoms with van der Waals surface area (Å²) in [7, 11) is 0. The molecule has 4 aromatic heterocycles. The lowest BCUT2D eigenvalue weighted by atomic mass is 10.1. The monoisotopic (exact) mass is 499 g/mol. The van der Waals surface area contributed by atoms with Gasteiger partial charge in [0.05, 0.1) is 23.3 Å². The number of aromatic hydroxyl groups is 1. The van der Waals surface area contributed by atoms with Crippen molar-refractivity contribution in [2.45, 2.75) is 33.3 Å². The molecule has 35 heavy (non-hydrogen) atoms. The topological polar surface area (TPSA) is 103 Å². The fourth-order valence-electron chi connectivity index (χ4n) is 3.27. The second-order valence-corrected chi connectivity index (χ2v) is 8.38. The summed E-state index contributed by atoms with van der Waals surface area (Å²) >= 11 is 6.27. The van der Waals surface area contributed by atoms with Crippen molar-refractivity contribution in [3.63, 3.8) is 0 Å². The van der Waals surface area contributed by atoms with Gasteiger partial charge in [0.1, 0.15) is 34.7 Å². The van der Waals surface area contributed by atoms with Crippen LogP contribution in [-0.2, 0) is 6.61 Å². The van der Waals surface area contributed by atoms with Gasteiger partial charge in [-0.1, -0.05) is 25.4 Å². The van der Waals surface area contributed by atoms with Gasteiger partial charge in [-0.25, -0.2) is 23.3 Å². The first-order valence-corrected chi connectivity index (χ1v) is 10.9. The van der Waals surface area contributed by atoms with E-state index < -0.39 is 29.7 Å². The largest absolute Gasteiger partial charge is 0.493 e. The van der Waals surface area contributed by atoms with Gasteiger partial charge in [0.25, 0.3) is 5.56 Å². The third-order valence-corrected chi connectivity index (χ3v) is 5.47. The lowest BCUT2D eigenvalue weighted by molar-refractivity contribution is 0.290. The molecular weight excluding hydrogens is 480 g/mol. The number of rotatable bonds is 6. The minimum atomic E-state index is -0.913. The molecule has 0 aliphatic heterocycles. The van der Waals surface area contributed by atoms with Crippen molar-refractivity contribution in [3.8, 4) is 28.7 Å². The van der Waals surface area contributed by atoms with Crippen molar-refractivity contribution in [1.82, 2.24) is 24.5 Å². The molecule has 0 aromatic carbocycles. The number of ether oxygens (including phenoxy) is 1. The average Bonchev–Trinajstić information content (AvgIpc) is 2.82. The molecule has 0 aliphatic carbocycles. The van der Waals surface area contributed by atoms with Crippen LogP contribution in [0.1, 0.15) is 36.8 Å². The summed E-state index contributed by atoms with van der Waals surface area (Å²) in [5.74, 6) is -1.75. The van der Waals surface area contributed by atoms with Crippen LogP contribution < -0.4 is 10.3 Å². The quantitative estimate of drug-likeness (QED) is 0.409. The van der Waals surface area contributed by atoms with E-state index in [1.807, 2.05) is 13.8 Å². The first-order valence-electron chi connectivity index (χ1n) is 10.5. The van der Waals surface area contributed by atoms with Crippen molar-refractivity contribution in [2.24, 2.45) is 0 Å². The van der Waals surface area contributed by atoms with Gasteiger partial charge < -0.3 is 9.84 Å². The number of halogens is 3. The van der Waals surface area contributed by atoms with Crippen LogP contribution in [0.5, 0.6) is 11.6 Å². The molecular formula is C24H20ClF2N5O3. The minimum Gasteiger partial charge on any atom is -0.493 e. The van der Waals surface area contributed by atoms with Gasteiger partial charge in [-0.2, -0.15) is 0 Å². The maximum absolute atomic E-state index is 13.8. The highest BCUT2D eigenvalue weighted by Crippen LogP contribution is 2.34. The Balaban J connectivity index is 1.71. The maximum atomic E-state index is 13.8. The van der Waals surface area contributed by atoms with Crippen molar-refractivity contribution >= 4 is 11.6 Å². The summed E-state index contributed by atoms with van der Waals surface area (Å²) in [4.78, 5) is 29.7. The van der Waals surface area contributed by atoms with Gasteiger partial charge in [0.15, 0.2) is 5.82 Å². The molecule has 0 fully saturated rings. The van der Waals surface area contributed by atoms with Crippen LogP contribution in [0.4, 0.5) is 8.78 Å². The second-order valence-electron chi connectivity index (χ2n) is 8.00. The summed E-state index contributed by atoms with van der Waals surface area (Å²) in [6.07, 6.45) is 4.02. The molecule has 4 rings (SSSR count). The Morgan fingerprint density at radius 2 is 1.89 bits per heavy atom. The van der Waals surface area contributed by atoms with Crippen LogP contribution in [0.25, 0.3) is 17.1 Å². The number of hydrogen-bond acceptors (Lipinski definition) is 7. The first kappa shape index (κ1) is 24.2. The molecule has 11 heteroatoms. The zero-order valence-electron chi connectivity index (χ0n) is 19.0. The van der Waals surface area contributed by atoms with Crippen LogP contribution in [0.15, 0.2) is 47.7 Å². The SMILES string of the molecule is Cc1cnc(-c2ccnc(C(C)C)n2)cc1-n1c(O)c(Cl)c(OCc2ncc(F)cc2F)cc1=O. The Hall–Kier alpha value is -3.92. The molecule has 1 N–H and O–H groups in total. The maximum Gasteiger partial charge on any atom is 0.261 e. The molecule has 0 amide bonds. The molecule has 0 aliphatic rings. The fraction of sp³-hybridized carbons (Fsp3) is 0.208. The zero-order valence-corrected chi connectivity index (χ0v) is 19.7. The van der Waals surface area contributed by atoms with Gasteiger partial charge in [0, 0.05) is 30.4 Å². The minimum absolute atomic E-state index is 0.108. The Kier molecular flexibility index (Phi) is 6.74. The predicted octanol–water partition coefficient (Wildman–Crippen LogP) is 4.73. The van der Waals surface area contributed by atoms with E-state index in [0.717, 1.165) is 16.8 Å². The summed E-state index contributed by atoms with van der Waals surface area (Å²) in [6.45, 7) is 5.23. The second kappa shape index (κ2) is 9.75. The Morgan fingerprint density at radius 1 is 1.11 bits per heavy atom. The molecule has 0 saturated carbocycles. The van der Waals surface area contributed by atoms with Crippen LogP contribution in [0, 0.1) is 18.6 Å². The highest BCUT2D eigenvalue weighted by Gasteiger charge is 2.19. The molecule has 0 radical (unpaired) electrons. The molecule has 4 aromatic rings. The number of hydrogen-bond donors (Lipinski definition) is 1. The molecule has 180 valence electrons. The van der Waals surface area contributed by atoms with Crippen molar-refractivity contribution in [2.75, 3.05) is 0 Å². The highest BCUT2D eigenvalue weighted by molar-refractivity contribution is 6.33. The van der Waals surface area contributed by atoms with Crippen molar-refractivity contribution in [1.29, 1.82) is 0 Å². The number of aromatic nitrogens is 5. The lowest BCUT2D eigenvalue weighted by Crippen LogP contribution is -2.19. The van der Waals surface area contributed by atoms with Crippen molar-refractivity contribution < 1.29 is 18.6 Å². The summed E-state index contributed by atoms with van der Waals surface area (Å²) in [6, 6.07) is 5.03. The normalized spacial score (nSPS) is 11.2. The smallest absolute Gasteiger partial charge is 0.261 e. The van der Waals surface area contributed by atoms with Gasteiger partial charge in [-0.05, 0) is 24.6 Å². The van der Waals surface area contributed by atoms with Crippen molar-refractivity contribution in [3.05, 3.63) is 86.9 Å². The lowest BCUT2D eigenvalue weighted by Gasteiger charge is -2.16. The molecule has 0 atom stereocenters. The van der Waals surface area contributed by atoms with Crippen LogP contribution in [0.2, 0.25) is 5.02 Å². The van der Waals surface area contributed by atoms with E-state index in [1.54, 1.807) is 31.5 Å². The van der Waals surface area contributed by atoms with Gasteiger partial charge >= 0.3 is 0 Å². The van der Waals surface area contributed by atoms with Gasteiger partial charge in [-0.15, -0.1) is 0 Å². The fourth-order valence-corrected chi connectivity index (χ4v) is 3.47. The average molecular weight is 500 g/mol. The van der Waals surface area contributed by atoms with E-state index in [9.17, 15) is 18.7 Å². The Bertz CT molecular complexity index is 1480. The number of pyridine rings is 3. The Labute approximate surface area is 203 Å². The van der Waals surface area contributed by atoms with E-state index >= 15 is 0 Å². The predicted molar refractivity (Wildman–Crippen MR) is 125 cm³/mol. The molecule has 0 spiro atoms. The molecule has 0 saturated heterocycles. The molecule has 8 nitrogen and oxygen atoms in total. The first-order chi connectivity index (χ1) is 16.7. The highest BCUT2D eigenvalue weighted by atomic mass is 35.5. The van der Waals surface area contributed by atoms with Gasteiger partial charge in [-0.3, -0.25) is 14.8 Å². The third-order valence-electron chi connectivity index (χ3n) is 5.12. The Morgan fingerprint density at radius 3 is 2.60 bits per heavy atom. The third kappa shape index (κ3) is 4.97. The van der Waals surface area contributed by atoms with E-state index in [4.69, 9.17) is 16.3 Å². The zero-order chi connectivity index (χ0) is 25.3.